The standard InChI is InChI=1S/C30H31Cl2N5O3/c1-4-5-17-36(30(39)33-26-16-11-22(31)18-25(26)32)19-27(38)34-29-28(21-9-7-6-8-10-21)20(2)35-37(29)23-12-14-24(40-3)15-13-23/h6-16,18H,4-5,17,19H2,1-3H3,(H,33,39)(H,34,38). The van der Waals surface area contributed by atoms with Gasteiger partial charge in [0, 0.05) is 17.1 Å². The van der Waals surface area contributed by atoms with Crippen LogP contribution in [0.5, 0.6) is 5.75 Å². The van der Waals surface area contributed by atoms with Gasteiger partial charge in [-0.3, -0.25) is 4.79 Å². The number of halogens is 2. The molecule has 0 aliphatic carbocycles. The number of aromatic nitrogens is 2. The van der Waals surface area contributed by atoms with Gasteiger partial charge >= 0.3 is 6.03 Å². The monoisotopic (exact) mass is 579 g/mol. The minimum atomic E-state index is -0.434. The molecule has 0 saturated carbocycles. The van der Waals surface area contributed by atoms with E-state index in [0.29, 0.717) is 33.8 Å². The van der Waals surface area contributed by atoms with E-state index in [4.69, 9.17) is 33.0 Å². The number of carbonyl (C=O) groups is 2. The highest BCUT2D eigenvalue weighted by atomic mass is 35.5. The van der Waals surface area contributed by atoms with Crippen LogP contribution in [0, 0.1) is 6.92 Å². The highest BCUT2D eigenvalue weighted by Crippen LogP contribution is 2.34. The SMILES string of the molecule is CCCCN(CC(=O)Nc1c(-c2ccccc2)c(C)nn1-c1ccc(OC)cc1)C(=O)Nc1ccc(Cl)cc1Cl. The van der Waals surface area contributed by atoms with E-state index in [1.54, 1.807) is 30.0 Å². The number of unbranched alkanes of at least 4 members (excludes halogenated alkanes) is 1. The van der Waals surface area contributed by atoms with Gasteiger partial charge in [-0.05, 0) is 61.4 Å². The van der Waals surface area contributed by atoms with Gasteiger partial charge in [0.05, 0.1) is 29.2 Å². The average molecular weight is 581 g/mol. The molecule has 0 unspecified atom stereocenters. The Morgan fingerprint density at radius 3 is 2.38 bits per heavy atom. The number of methoxy groups -OCH3 is 1. The molecule has 2 N–H and O–H groups in total. The van der Waals surface area contributed by atoms with Gasteiger partial charge in [0.1, 0.15) is 18.1 Å². The summed E-state index contributed by atoms with van der Waals surface area (Å²) in [6.07, 6.45) is 1.59. The van der Waals surface area contributed by atoms with E-state index < -0.39 is 6.03 Å². The van der Waals surface area contributed by atoms with Crippen molar-refractivity contribution in [3.05, 3.63) is 88.5 Å². The van der Waals surface area contributed by atoms with E-state index in [-0.39, 0.29) is 12.5 Å². The first-order valence-electron chi connectivity index (χ1n) is 12.9. The topological polar surface area (TPSA) is 88.5 Å². The van der Waals surface area contributed by atoms with Crippen molar-refractivity contribution < 1.29 is 14.3 Å². The molecule has 4 aromatic rings. The van der Waals surface area contributed by atoms with Gasteiger partial charge in [-0.25, -0.2) is 9.48 Å². The molecule has 0 spiro atoms. The summed E-state index contributed by atoms with van der Waals surface area (Å²) < 4.78 is 6.99. The Morgan fingerprint density at radius 2 is 1.73 bits per heavy atom. The summed E-state index contributed by atoms with van der Waals surface area (Å²) in [7, 11) is 1.60. The van der Waals surface area contributed by atoms with Crippen molar-refractivity contribution in [2.24, 2.45) is 0 Å². The van der Waals surface area contributed by atoms with Crippen LogP contribution in [0.2, 0.25) is 10.0 Å². The summed E-state index contributed by atoms with van der Waals surface area (Å²) in [5.41, 5.74) is 3.61. The van der Waals surface area contributed by atoms with Crippen LogP contribution in [0.25, 0.3) is 16.8 Å². The third-order valence-corrected chi connectivity index (χ3v) is 6.82. The van der Waals surface area contributed by atoms with Crippen LogP contribution in [0.15, 0.2) is 72.8 Å². The average Bonchev–Trinajstić information content (AvgIpc) is 3.28. The number of hydrogen-bond acceptors (Lipinski definition) is 4. The highest BCUT2D eigenvalue weighted by molar-refractivity contribution is 6.36. The molecule has 4 rings (SSSR count). The molecule has 1 heterocycles. The molecule has 40 heavy (non-hydrogen) atoms. The summed E-state index contributed by atoms with van der Waals surface area (Å²) in [5.74, 6) is 0.857. The van der Waals surface area contributed by atoms with E-state index in [1.165, 1.54) is 4.90 Å². The minimum absolute atomic E-state index is 0.169. The largest absolute Gasteiger partial charge is 0.497 e. The number of rotatable bonds is 10. The molecule has 0 saturated heterocycles. The molecule has 0 aliphatic rings. The summed E-state index contributed by atoms with van der Waals surface area (Å²) in [4.78, 5) is 28.2. The smallest absolute Gasteiger partial charge is 0.322 e. The van der Waals surface area contributed by atoms with Crippen LogP contribution in [0.4, 0.5) is 16.3 Å². The van der Waals surface area contributed by atoms with E-state index in [1.807, 2.05) is 68.4 Å². The quantitative estimate of drug-likeness (QED) is 0.204. The number of amides is 3. The predicted octanol–water partition coefficient (Wildman–Crippen LogP) is 7.44. The molecule has 0 fully saturated rings. The van der Waals surface area contributed by atoms with Crippen LogP contribution < -0.4 is 15.4 Å². The lowest BCUT2D eigenvalue weighted by Gasteiger charge is -2.23. The van der Waals surface area contributed by atoms with Gasteiger partial charge in [0.25, 0.3) is 0 Å². The number of urea groups is 1. The maximum atomic E-state index is 13.5. The molecule has 3 aromatic carbocycles. The summed E-state index contributed by atoms with van der Waals surface area (Å²) >= 11 is 12.2. The molecule has 10 heteroatoms. The fraction of sp³-hybridized carbons (Fsp3) is 0.233. The Labute approximate surface area is 243 Å². The Kier molecular flexibility index (Phi) is 9.69. The Morgan fingerprint density at radius 1 is 1.00 bits per heavy atom. The fourth-order valence-corrected chi connectivity index (χ4v) is 4.69. The summed E-state index contributed by atoms with van der Waals surface area (Å²) in [5, 5.41) is 11.3. The van der Waals surface area contributed by atoms with Gasteiger partial charge < -0.3 is 20.3 Å². The molecule has 208 valence electrons. The lowest BCUT2D eigenvalue weighted by molar-refractivity contribution is -0.116. The zero-order valence-electron chi connectivity index (χ0n) is 22.6. The minimum Gasteiger partial charge on any atom is -0.497 e. The van der Waals surface area contributed by atoms with Gasteiger partial charge in [-0.15, -0.1) is 0 Å². The molecular formula is C30H31Cl2N5O3. The van der Waals surface area contributed by atoms with Crippen LogP contribution in [-0.4, -0.2) is 46.8 Å². The van der Waals surface area contributed by atoms with Crippen molar-refractivity contribution in [3.8, 4) is 22.6 Å². The zero-order chi connectivity index (χ0) is 28.6. The Hall–Kier alpha value is -4.01. The van der Waals surface area contributed by atoms with E-state index >= 15 is 0 Å². The second-order valence-corrected chi connectivity index (χ2v) is 10.0. The second-order valence-electron chi connectivity index (χ2n) is 9.16. The lowest BCUT2D eigenvalue weighted by Crippen LogP contribution is -2.41. The molecule has 0 aliphatic heterocycles. The van der Waals surface area contributed by atoms with Crippen molar-refractivity contribution in [3.63, 3.8) is 0 Å². The number of hydrogen-bond donors (Lipinski definition) is 2. The van der Waals surface area contributed by atoms with Crippen molar-refractivity contribution >= 4 is 46.6 Å². The number of nitrogens with zero attached hydrogens (tertiary/aromatic N) is 3. The highest BCUT2D eigenvalue weighted by Gasteiger charge is 2.23. The first-order chi connectivity index (χ1) is 19.3. The maximum Gasteiger partial charge on any atom is 0.322 e. The fourth-order valence-electron chi connectivity index (χ4n) is 4.23. The molecule has 0 radical (unpaired) electrons. The number of carbonyl (C=O) groups excluding carboxylic acids is 2. The van der Waals surface area contributed by atoms with Gasteiger partial charge in [-0.1, -0.05) is 66.9 Å². The van der Waals surface area contributed by atoms with Crippen molar-refractivity contribution in [2.75, 3.05) is 30.8 Å². The van der Waals surface area contributed by atoms with E-state index in [0.717, 1.165) is 35.3 Å². The summed E-state index contributed by atoms with van der Waals surface area (Å²) in [6, 6.07) is 21.5. The van der Waals surface area contributed by atoms with Gasteiger partial charge in [-0.2, -0.15) is 5.10 Å². The van der Waals surface area contributed by atoms with E-state index in [9.17, 15) is 9.59 Å². The van der Waals surface area contributed by atoms with Gasteiger partial charge in [0.2, 0.25) is 5.91 Å². The molecule has 8 nitrogen and oxygen atoms in total. The van der Waals surface area contributed by atoms with Crippen molar-refractivity contribution in [1.82, 2.24) is 14.7 Å². The number of benzene rings is 3. The number of aryl methyl sites for hydroxylation is 1. The predicted molar refractivity (Wildman–Crippen MR) is 161 cm³/mol. The second kappa shape index (κ2) is 13.4. The first-order valence-corrected chi connectivity index (χ1v) is 13.7. The maximum absolute atomic E-state index is 13.5. The lowest BCUT2D eigenvalue weighted by atomic mass is 10.1. The third-order valence-electron chi connectivity index (χ3n) is 6.27. The van der Waals surface area contributed by atoms with Crippen LogP contribution in [0.3, 0.4) is 0 Å². The summed E-state index contributed by atoms with van der Waals surface area (Å²) in [6.45, 7) is 4.14. The van der Waals surface area contributed by atoms with Gasteiger partial charge in [0.15, 0.2) is 0 Å². The molecule has 0 atom stereocenters. The Balaban J connectivity index is 1.63. The Bertz CT molecular complexity index is 1470. The van der Waals surface area contributed by atoms with Crippen molar-refractivity contribution in [2.45, 2.75) is 26.7 Å². The molecule has 1 aromatic heterocycles. The molecule has 3 amide bonds. The normalized spacial score (nSPS) is 10.7. The number of ether oxygens (including phenoxy) is 1. The first kappa shape index (κ1) is 29.0. The van der Waals surface area contributed by atoms with Crippen LogP contribution >= 0.6 is 23.2 Å². The molecular weight excluding hydrogens is 549 g/mol. The van der Waals surface area contributed by atoms with Crippen LogP contribution in [0.1, 0.15) is 25.5 Å². The number of nitrogens with one attached hydrogen (secondary N) is 2. The zero-order valence-corrected chi connectivity index (χ0v) is 24.1. The number of anilines is 2. The van der Waals surface area contributed by atoms with Crippen LogP contribution in [-0.2, 0) is 4.79 Å². The molecule has 0 bridgehead atoms. The van der Waals surface area contributed by atoms with E-state index in [2.05, 4.69) is 10.6 Å². The van der Waals surface area contributed by atoms with Crippen molar-refractivity contribution in [1.29, 1.82) is 0 Å². The third kappa shape index (κ3) is 6.94.